The molecule has 0 spiro atoms. The smallest absolute Gasteiger partial charge is 0.336 e. The maximum Gasteiger partial charge on any atom is 0.336 e. The standard InChI is InChI=1S/C16H13BrFNO3/c17-14-6-3-11(9-13(14)16(21)22)15(20)19-8-7-10-1-4-12(18)5-2-10/h1-6,9H,7-8H2,(H,19,20)(H,21,22). The summed E-state index contributed by atoms with van der Waals surface area (Å²) in [7, 11) is 0. The second kappa shape index (κ2) is 7.17. The molecule has 2 N–H and O–H groups in total. The molecule has 0 heterocycles. The van der Waals surface area contributed by atoms with E-state index in [1.54, 1.807) is 18.2 Å². The first-order chi connectivity index (χ1) is 10.5. The Morgan fingerprint density at radius 3 is 2.45 bits per heavy atom. The topological polar surface area (TPSA) is 66.4 Å². The van der Waals surface area contributed by atoms with Gasteiger partial charge in [0, 0.05) is 16.6 Å². The van der Waals surface area contributed by atoms with Crippen molar-refractivity contribution in [2.75, 3.05) is 6.54 Å². The molecule has 0 aliphatic heterocycles. The fourth-order valence-electron chi connectivity index (χ4n) is 1.90. The Morgan fingerprint density at radius 2 is 1.82 bits per heavy atom. The SMILES string of the molecule is O=C(NCCc1ccc(F)cc1)c1ccc(Br)c(C(=O)O)c1. The number of carbonyl (C=O) groups excluding carboxylic acids is 1. The maximum absolute atomic E-state index is 12.8. The molecule has 1 amide bonds. The van der Waals surface area contributed by atoms with E-state index in [9.17, 15) is 14.0 Å². The van der Waals surface area contributed by atoms with Gasteiger partial charge in [0.05, 0.1) is 5.56 Å². The van der Waals surface area contributed by atoms with Crippen molar-refractivity contribution in [1.29, 1.82) is 0 Å². The van der Waals surface area contributed by atoms with Crippen molar-refractivity contribution in [2.45, 2.75) is 6.42 Å². The van der Waals surface area contributed by atoms with Crippen molar-refractivity contribution in [2.24, 2.45) is 0 Å². The van der Waals surface area contributed by atoms with Crippen LogP contribution in [0, 0.1) is 5.82 Å². The predicted octanol–water partition coefficient (Wildman–Crippen LogP) is 3.26. The summed E-state index contributed by atoms with van der Waals surface area (Å²) in [6.45, 7) is 0.378. The van der Waals surface area contributed by atoms with E-state index in [1.165, 1.54) is 24.3 Å². The minimum atomic E-state index is -1.10. The van der Waals surface area contributed by atoms with E-state index in [-0.39, 0.29) is 22.9 Å². The van der Waals surface area contributed by atoms with E-state index in [4.69, 9.17) is 5.11 Å². The zero-order valence-corrected chi connectivity index (χ0v) is 13.1. The third-order valence-corrected chi connectivity index (χ3v) is 3.76. The summed E-state index contributed by atoms with van der Waals surface area (Å²) >= 11 is 3.13. The summed E-state index contributed by atoms with van der Waals surface area (Å²) in [6.07, 6.45) is 0.564. The molecule has 0 saturated heterocycles. The highest BCUT2D eigenvalue weighted by molar-refractivity contribution is 9.10. The fourth-order valence-corrected chi connectivity index (χ4v) is 2.32. The average molecular weight is 366 g/mol. The number of carboxylic acid groups (broad SMARTS) is 1. The Hall–Kier alpha value is -2.21. The first kappa shape index (κ1) is 16.2. The summed E-state index contributed by atoms with van der Waals surface area (Å²) in [4.78, 5) is 23.0. The van der Waals surface area contributed by atoms with Gasteiger partial charge in [0.25, 0.3) is 5.91 Å². The summed E-state index contributed by atoms with van der Waals surface area (Å²) < 4.78 is 13.2. The summed E-state index contributed by atoms with van der Waals surface area (Å²) in [5, 5.41) is 11.7. The number of aromatic carboxylic acids is 1. The molecule has 2 aromatic carbocycles. The Kier molecular flexibility index (Phi) is 5.27. The Morgan fingerprint density at radius 1 is 1.14 bits per heavy atom. The van der Waals surface area contributed by atoms with E-state index < -0.39 is 5.97 Å². The minimum Gasteiger partial charge on any atom is -0.478 e. The van der Waals surface area contributed by atoms with Gasteiger partial charge in [-0.2, -0.15) is 0 Å². The largest absolute Gasteiger partial charge is 0.478 e. The zero-order valence-electron chi connectivity index (χ0n) is 11.5. The lowest BCUT2D eigenvalue weighted by Crippen LogP contribution is -2.26. The van der Waals surface area contributed by atoms with Gasteiger partial charge in [0.2, 0.25) is 0 Å². The highest BCUT2D eigenvalue weighted by atomic mass is 79.9. The highest BCUT2D eigenvalue weighted by Crippen LogP contribution is 2.18. The van der Waals surface area contributed by atoms with Crippen LogP contribution in [-0.2, 0) is 6.42 Å². The number of halogens is 2. The van der Waals surface area contributed by atoms with Crippen LogP contribution in [0.5, 0.6) is 0 Å². The number of nitrogens with one attached hydrogen (secondary N) is 1. The number of hydrogen-bond donors (Lipinski definition) is 2. The molecule has 0 saturated carbocycles. The maximum atomic E-state index is 12.8. The molecule has 22 heavy (non-hydrogen) atoms. The zero-order chi connectivity index (χ0) is 16.1. The van der Waals surface area contributed by atoms with Crippen molar-refractivity contribution >= 4 is 27.8 Å². The molecule has 0 aromatic heterocycles. The van der Waals surface area contributed by atoms with Crippen LogP contribution in [0.15, 0.2) is 46.9 Å². The number of carboxylic acids is 1. The second-order valence-corrected chi connectivity index (χ2v) is 5.49. The minimum absolute atomic E-state index is 0.0335. The van der Waals surface area contributed by atoms with Gasteiger partial charge in [0.15, 0.2) is 0 Å². The molecule has 2 rings (SSSR count). The number of benzene rings is 2. The molecule has 114 valence electrons. The third kappa shape index (κ3) is 4.14. The van der Waals surface area contributed by atoms with Crippen LogP contribution in [0.3, 0.4) is 0 Å². The Balaban J connectivity index is 1.96. The Bertz CT molecular complexity index is 701. The number of hydrogen-bond acceptors (Lipinski definition) is 2. The van der Waals surface area contributed by atoms with Crippen molar-refractivity contribution in [1.82, 2.24) is 5.32 Å². The van der Waals surface area contributed by atoms with Gasteiger partial charge in [-0.25, -0.2) is 9.18 Å². The predicted molar refractivity (Wildman–Crippen MR) is 83.5 cm³/mol. The van der Waals surface area contributed by atoms with Gasteiger partial charge in [-0.3, -0.25) is 4.79 Å². The monoisotopic (exact) mass is 365 g/mol. The second-order valence-electron chi connectivity index (χ2n) is 4.63. The lowest BCUT2D eigenvalue weighted by molar-refractivity contribution is 0.0696. The van der Waals surface area contributed by atoms with E-state index in [0.717, 1.165) is 5.56 Å². The normalized spacial score (nSPS) is 10.3. The van der Waals surface area contributed by atoms with Gasteiger partial charge < -0.3 is 10.4 Å². The molecule has 0 radical (unpaired) electrons. The van der Waals surface area contributed by atoms with E-state index in [2.05, 4.69) is 21.2 Å². The molecule has 2 aromatic rings. The highest BCUT2D eigenvalue weighted by Gasteiger charge is 2.12. The molecule has 6 heteroatoms. The van der Waals surface area contributed by atoms with Crippen LogP contribution >= 0.6 is 15.9 Å². The van der Waals surface area contributed by atoms with Crippen molar-refractivity contribution < 1.29 is 19.1 Å². The van der Waals surface area contributed by atoms with E-state index in [0.29, 0.717) is 17.4 Å². The fraction of sp³-hybridized carbons (Fsp3) is 0.125. The quantitative estimate of drug-likeness (QED) is 0.854. The molecular formula is C16H13BrFNO3. The van der Waals surface area contributed by atoms with Crippen LogP contribution in [-0.4, -0.2) is 23.5 Å². The molecule has 0 fully saturated rings. The van der Waals surface area contributed by atoms with Gasteiger partial charge in [0.1, 0.15) is 5.82 Å². The van der Waals surface area contributed by atoms with Gasteiger partial charge in [-0.1, -0.05) is 12.1 Å². The first-order valence-corrected chi connectivity index (χ1v) is 7.32. The lowest BCUT2D eigenvalue weighted by Gasteiger charge is -2.07. The third-order valence-electron chi connectivity index (χ3n) is 3.07. The van der Waals surface area contributed by atoms with Crippen LogP contribution in [0.1, 0.15) is 26.3 Å². The Labute approximate surface area is 135 Å². The van der Waals surface area contributed by atoms with E-state index >= 15 is 0 Å². The van der Waals surface area contributed by atoms with Gasteiger partial charge in [-0.05, 0) is 58.2 Å². The molecule has 0 bridgehead atoms. The van der Waals surface area contributed by atoms with Crippen LogP contribution in [0.25, 0.3) is 0 Å². The summed E-state index contributed by atoms with van der Waals surface area (Å²) in [5.41, 5.74) is 1.22. The molecule has 0 atom stereocenters. The lowest BCUT2D eigenvalue weighted by atomic mass is 10.1. The molecular weight excluding hydrogens is 353 g/mol. The molecule has 0 unspecified atom stereocenters. The van der Waals surface area contributed by atoms with E-state index in [1.807, 2.05) is 0 Å². The molecule has 4 nitrogen and oxygen atoms in total. The number of rotatable bonds is 5. The number of carbonyl (C=O) groups is 2. The van der Waals surface area contributed by atoms with Crippen molar-refractivity contribution in [3.05, 3.63) is 69.4 Å². The van der Waals surface area contributed by atoms with Crippen LogP contribution in [0.2, 0.25) is 0 Å². The van der Waals surface area contributed by atoms with Gasteiger partial charge >= 0.3 is 5.97 Å². The first-order valence-electron chi connectivity index (χ1n) is 6.53. The van der Waals surface area contributed by atoms with Crippen LogP contribution < -0.4 is 5.32 Å². The summed E-state index contributed by atoms with van der Waals surface area (Å²) in [6, 6.07) is 10.4. The molecule has 0 aliphatic carbocycles. The summed E-state index contributed by atoms with van der Waals surface area (Å²) in [5.74, 6) is -1.76. The van der Waals surface area contributed by atoms with Crippen molar-refractivity contribution in [3.63, 3.8) is 0 Å². The van der Waals surface area contributed by atoms with Gasteiger partial charge in [-0.15, -0.1) is 0 Å². The molecule has 0 aliphatic rings. The van der Waals surface area contributed by atoms with Crippen LogP contribution in [0.4, 0.5) is 4.39 Å². The number of amides is 1. The average Bonchev–Trinajstić information content (AvgIpc) is 2.49. The van der Waals surface area contributed by atoms with Crippen molar-refractivity contribution in [3.8, 4) is 0 Å².